The van der Waals surface area contributed by atoms with Crippen molar-refractivity contribution in [1.82, 2.24) is 0 Å². The standard InChI is InChI=1S/C24H21ClN2O2/c1-16(26-19-8-4-2-5-9-19)21-22(17-12-14-18(25)15-13-17)27(24(29)23(21)28)20-10-6-3-7-11-20/h2-16,21-22,26H,1H3. The molecule has 3 atom stereocenters. The van der Waals surface area contributed by atoms with E-state index in [2.05, 4.69) is 5.32 Å². The molecule has 1 aliphatic rings. The molecule has 3 aromatic rings. The van der Waals surface area contributed by atoms with Gasteiger partial charge >= 0.3 is 0 Å². The maximum absolute atomic E-state index is 13.1. The zero-order valence-electron chi connectivity index (χ0n) is 16.0. The highest BCUT2D eigenvalue weighted by Gasteiger charge is 2.50. The van der Waals surface area contributed by atoms with E-state index in [1.54, 1.807) is 17.0 Å². The number of benzene rings is 3. The number of nitrogens with one attached hydrogen (secondary N) is 1. The number of halogens is 1. The summed E-state index contributed by atoms with van der Waals surface area (Å²) in [6.45, 7) is 1.94. The quantitative estimate of drug-likeness (QED) is 0.601. The van der Waals surface area contributed by atoms with Crippen LogP contribution in [0, 0.1) is 5.92 Å². The van der Waals surface area contributed by atoms with E-state index in [4.69, 9.17) is 11.6 Å². The summed E-state index contributed by atoms with van der Waals surface area (Å²) in [7, 11) is 0. The number of rotatable bonds is 5. The fourth-order valence-corrected chi connectivity index (χ4v) is 4.09. The highest BCUT2D eigenvalue weighted by atomic mass is 35.5. The lowest BCUT2D eigenvalue weighted by Crippen LogP contribution is -2.34. The van der Waals surface area contributed by atoms with E-state index in [-0.39, 0.29) is 11.8 Å². The van der Waals surface area contributed by atoms with Gasteiger partial charge in [0.1, 0.15) is 0 Å². The van der Waals surface area contributed by atoms with Gasteiger partial charge in [0.15, 0.2) is 0 Å². The SMILES string of the molecule is CC(Nc1ccccc1)C1C(=O)C(=O)N(c2ccccc2)C1c1ccc(Cl)cc1. The first-order valence-electron chi connectivity index (χ1n) is 9.56. The van der Waals surface area contributed by atoms with Crippen molar-refractivity contribution in [3.8, 4) is 0 Å². The van der Waals surface area contributed by atoms with Crippen LogP contribution >= 0.6 is 11.6 Å². The molecular formula is C24H21ClN2O2. The number of amides is 1. The van der Waals surface area contributed by atoms with Crippen LogP contribution in [-0.4, -0.2) is 17.7 Å². The second-order valence-corrected chi connectivity index (χ2v) is 7.63. The maximum Gasteiger partial charge on any atom is 0.295 e. The molecule has 1 aliphatic heterocycles. The number of carbonyl (C=O) groups excluding carboxylic acids is 2. The first-order chi connectivity index (χ1) is 14.1. The van der Waals surface area contributed by atoms with Gasteiger partial charge in [0.2, 0.25) is 5.78 Å². The average molecular weight is 405 g/mol. The Balaban J connectivity index is 1.76. The zero-order chi connectivity index (χ0) is 20.4. The lowest BCUT2D eigenvalue weighted by molar-refractivity contribution is -0.135. The first kappa shape index (κ1) is 19.2. The van der Waals surface area contributed by atoms with Crippen LogP contribution in [0.25, 0.3) is 0 Å². The van der Waals surface area contributed by atoms with Gasteiger partial charge in [-0.2, -0.15) is 0 Å². The number of Topliss-reactive ketones (excluding diaryl/α,β-unsaturated/α-hetero) is 1. The molecule has 1 heterocycles. The number of ketones is 1. The maximum atomic E-state index is 13.1. The summed E-state index contributed by atoms with van der Waals surface area (Å²) in [6, 6.07) is 25.7. The Morgan fingerprint density at radius 1 is 0.862 bits per heavy atom. The molecule has 3 unspecified atom stereocenters. The van der Waals surface area contributed by atoms with E-state index in [9.17, 15) is 9.59 Å². The summed E-state index contributed by atoms with van der Waals surface area (Å²) in [6.07, 6.45) is 0. The normalized spacial score (nSPS) is 20.0. The van der Waals surface area contributed by atoms with Gasteiger partial charge in [-0.15, -0.1) is 0 Å². The Hall–Kier alpha value is -3.11. The molecule has 0 spiro atoms. The summed E-state index contributed by atoms with van der Waals surface area (Å²) < 4.78 is 0. The van der Waals surface area contributed by atoms with Gasteiger partial charge in [-0.05, 0) is 48.9 Å². The Labute approximate surface area is 175 Å². The molecule has 3 aromatic carbocycles. The number of para-hydroxylation sites is 2. The molecular weight excluding hydrogens is 384 g/mol. The topological polar surface area (TPSA) is 49.4 Å². The molecule has 146 valence electrons. The molecule has 1 N–H and O–H groups in total. The molecule has 0 saturated carbocycles. The predicted molar refractivity (Wildman–Crippen MR) is 116 cm³/mol. The van der Waals surface area contributed by atoms with Gasteiger partial charge in [0, 0.05) is 22.4 Å². The van der Waals surface area contributed by atoms with Crippen molar-refractivity contribution in [2.75, 3.05) is 10.2 Å². The highest BCUT2D eigenvalue weighted by molar-refractivity contribution is 6.45. The predicted octanol–water partition coefficient (Wildman–Crippen LogP) is 5.11. The van der Waals surface area contributed by atoms with Crippen molar-refractivity contribution in [3.63, 3.8) is 0 Å². The number of hydrogen-bond donors (Lipinski definition) is 1. The Morgan fingerprint density at radius 2 is 1.45 bits per heavy atom. The Kier molecular flexibility index (Phi) is 5.36. The molecule has 29 heavy (non-hydrogen) atoms. The van der Waals surface area contributed by atoms with Crippen molar-refractivity contribution < 1.29 is 9.59 Å². The molecule has 5 heteroatoms. The van der Waals surface area contributed by atoms with Gasteiger partial charge in [0.25, 0.3) is 5.91 Å². The van der Waals surface area contributed by atoms with Crippen LogP contribution < -0.4 is 10.2 Å². The van der Waals surface area contributed by atoms with E-state index in [0.29, 0.717) is 10.7 Å². The first-order valence-corrected chi connectivity index (χ1v) is 9.93. The van der Waals surface area contributed by atoms with Crippen molar-refractivity contribution in [3.05, 3.63) is 95.5 Å². The second-order valence-electron chi connectivity index (χ2n) is 7.20. The van der Waals surface area contributed by atoms with Crippen LogP contribution in [0.5, 0.6) is 0 Å². The van der Waals surface area contributed by atoms with Gasteiger partial charge < -0.3 is 5.32 Å². The average Bonchev–Trinajstić information content (AvgIpc) is 3.01. The molecule has 0 aromatic heterocycles. The minimum atomic E-state index is -0.538. The number of hydrogen-bond acceptors (Lipinski definition) is 3. The molecule has 1 fully saturated rings. The summed E-state index contributed by atoms with van der Waals surface area (Å²) in [5.41, 5.74) is 2.50. The summed E-state index contributed by atoms with van der Waals surface area (Å²) >= 11 is 6.08. The van der Waals surface area contributed by atoms with Crippen LogP contribution in [0.4, 0.5) is 11.4 Å². The summed E-state index contributed by atoms with van der Waals surface area (Å²) in [5, 5.41) is 4.01. The lowest BCUT2D eigenvalue weighted by atomic mass is 9.87. The monoisotopic (exact) mass is 404 g/mol. The van der Waals surface area contributed by atoms with Crippen LogP contribution in [0.15, 0.2) is 84.9 Å². The molecule has 1 saturated heterocycles. The molecule has 1 amide bonds. The van der Waals surface area contributed by atoms with Crippen LogP contribution in [0.2, 0.25) is 5.02 Å². The van der Waals surface area contributed by atoms with Crippen molar-refractivity contribution in [2.45, 2.75) is 19.0 Å². The molecule has 0 aliphatic carbocycles. The number of carbonyl (C=O) groups is 2. The minimum absolute atomic E-state index is 0.247. The molecule has 4 nitrogen and oxygen atoms in total. The zero-order valence-corrected chi connectivity index (χ0v) is 16.7. The fraction of sp³-hybridized carbons (Fsp3) is 0.167. The fourth-order valence-electron chi connectivity index (χ4n) is 3.96. The van der Waals surface area contributed by atoms with E-state index < -0.39 is 17.9 Å². The number of anilines is 2. The Bertz CT molecular complexity index is 1010. The molecule has 0 radical (unpaired) electrons. The third kappa shape index (κ3) is 3.76. The van der Waals surface area contributed by atoms with Crippen molar-refractivity contribution in [2.24, 2.45) is 5.92 Å². The third-order valence-corrected chi connectivity index (χ3v) is 5.56. The van der Waals surface area contributed by atoms with Gasteiger partial charge in [-0.1, -0.05) is 60.1 Å². The van der Waals surface area contributed by atoms with Gasteiger partial charge in [0.05, 0.1) is 12.0 Å². The third-order valence-electron chi connectivity index (χ3n) is 5.30. The van der Waals surface area contributed by atoms with Crippen LogP contribution in [0.3, 0.4) is 0 Å². The lowest BCUT2D eigenvalue weighted by Gasteiger charge is -2.31. The summed E-state index contributed by atoms with van der Waals surface area (Å²) in [5.74, 6) is -1.41. The van der Waals surface area contributed by atoms with E-state index in [1.807, 2.05) is 79.7 Å². The number of nitrogens with zero attached hydrogens (tertiary/aromatic N) is 1. The van der Waals surface area contributed by atoms with Gasteiger partial charge in [-0.3, -0.25) is 14.5 Å². The van der Waals surface area contributed by atoms with E-state index in [0.717, 1.165) is 11.3 Å². The Morgan fingerprint density at radius 3 is 2.07 bits per heavy atom. The second kappa shape index (κ2) is 8.10. The van der Waals surface area contributed by atoms with Crippen LogP contribution in [-0.2, 0) is 9.59 Å². The van der Waals surface area contributed by atoms with Crippen molar-refractivity contribution in [1.29, 1.82) is 0 Å². The van der Waals surface area contributed by atoms with E-state index >= 15 is 0 Å². The van der Waals surface area contributed by atoms with Crippen molar-refractivity contribution >= 4 is 34.7 Å². The van der Waals surface area contributed by atoms with Crippen LogP contribution in [0.1, 0.15) is 18.5 Å². The van der Waals surface area contributed by atoms with E-state index in [1.165, 1.54) is 0 Å². The van der Waals surface area contributed by atoms with Gasteiger partial charge in [-0.25, -0.2) is 0 Å². The highest BCUT2D eigenvalue weighted by Crippen LogP contribution is 2.42. The summed E-state index contributed by atoms with van der Waals surface area (Å²) in [4.78, 5) is 27.8. The smallest absolute Gasteiger partial charge is 0.295 e. The minimum Gasteiger partial charge on any atom is -0.382 e. The molecule has 0 bridgehead atoms. The largest absolute Gasteiger partial charge is 0.382 e. The molecule has 4 rings (SSSR count).